The van der Waals surface area contributed by atoms with Crippen LogP contribution in [0.15, 0.2) is 83.3 Å². The van der Waals surface area contributed by atoms with Crippen molar-refractivity contribution in [2.75, 3.05) is 31.2 Å². The maximum absolute atomic E-state index is 13.4. The molecule has 2 aliphatic heterocycles. The predicted octanol–water partition coefficient (Wildman–Crippen LogP) is 4.64. The molecule has 2 fully saturated rings. The van der Waals surface area contributed by atoms with E-state index in [0.717, 1.165) is 0 Å². The number of Topliss-reactive ketones (excluding diaryl/α,β-unsaturated/α-hetero) is 1. The van der Waals surface area contributed by atoms with Crippen molar-refractivity contribution in [3.8, 4) is 0 Å². The van der Waals surface area contributed by atoms with E-state index in [-0.39, 0.29) is 53.0 Å². The first-order chi connectivity index (χ1) is 18.2. The fraction of sp³-hybridized carbons (Fsp3) is 0.185. The molecule has 1 N–H and O–H groups in total. The maximum atomic E-state index is 13.4. The minimum atomic E-state index is -3.88. The number of ketones is 1. The number of benzene rings is 3. The van der Waals surface area contributed by atoms with Gasteiger partial charge in [-0.3, -0.25) is 14.5 Å². The molecule has 1 amide bonds. The highest BCUT2D eigenvalue weighted by molar-refractivity contribution is 7.89. The Kier molecular flexibility index (Phi) is 7.30. The summed E-state index contributed by atoms with van der Waals surface area (Å²) >= 11 is 12.4. The topological polar surface area (TPSA) is 104 Å². The average Bonchev–Trinajstić information content (AvgIpc) is 3.19. The Balaban J connectivity index is 1.67. The highest BCUT2D eigenvalue weighted by Gasteiger charge is 2.47. The summed E-state index contributed by atoms with van der Waals surface area (Å²) in [6.07, 6.45) is 0. The Morgan fingerprint density at radius 1 is 0.921 bits per heavy atom. The summed E-state index contributed by atoms with van der Waals surface area (Å²) in [5.41, 5.74) is 0.685. The Morgan fingerprint density at radius 2 is 1.61 bits per heavy atom. The van der Waals surface area contributed by atoms with E-state index in [1.165, 1.54) is 27.4 Å². The number of amides is 1. The van der Waals surface area contributed by atoms with Crippen LogP contribution in [0.2, 0.25) is 10.0 Å². The van der Waals surface area contributed by atoms with Crippen molar-refractivity contribution in [2.24, 2.45) is 0 Å². The molecule has 0 saturated carbocycles. The largest absolute Gasteiger partial charge is 0.507 e. The molecule has 5 rings (SSSR count). The van der Waals surface area contributed by atoms with Gasteiger partial charge in [0.05, 0.1) is 34.7 Å². The molecule has 0 aliphatic carbocycles. The van der Waals surface area contributed by atoms with Gasteiger partial charge in [0.1, 0.15) is 5.76 Å². The fourth-order valence-electron chi connectivity index (χ4n) is 4.59. The van der Waals surface area contributed by atoms with Gasteiger partial charge in [-0.25, -0.2) is 8.42 Å². The van der Waals surface area contributed by atoms with Crippen LogP contribution in [0.25, 0.3) is 5.76 Å². The molecule has 3 aromatic carbocycles. The number of ether oxygens (including phenoxy) is 1. The SMILES string of the molecule is O=C1C(=O)N(c2cccc(S(=O)(=O)N3CCOCC3)c2)[C@@H](c2ccc(Cl)cc2)C1=C(O)c1ccccc1Cl. The van der Waals surface area contributed by atoms with E-state index in [1.54, 1.807) is 54.6 Å². The molecule has 2 aliphatic rings. The number of anilines is 1. The first kappa shape index (κ1) is 26.4. The van der Waals surface area contributed by atoms with Gasteiger partial charge in [-0.05, 0) is 48.0 Å². The number of morpholine rings is 1. The lowest BCUT2D eigenvalue weighted by Gasteiger charge is -2.28. The van der Waals surface area contributed by atoms with Crippen molar-refractivity contribution in [3.63, 3.8) is 0 Å². The van der Waals surface area contributed by atoms with Gasteiger partial charge in [-0.1, -0.05) is 53.5 Å². The van der Waals surface area contributed by atoms with Crippen LogP contribution in [0.1, 0.15) is 17.2 Å². The summed E-state index contributed by atoms with van der Waals surface area (Å²) in [6.45, 7) is 0.984. The number of rotatable bonds is 5. The number of aliphatic hydroxyl groups excluding tert-OH is 1. The van der Waals surface area contributed by atoms with Gasteiger partial charge in [0.25, 0.3) is 11.7 Å². The standard InChI is InChI=1S/C27H22Cl2N2O6S/c28-18-10-8-17(9-11-18)24-23(25(32)21-6-1-2-7-22(21)29)26(33)27(34)31(24)19-4-3-5-20(16-19)38(35,36)30-12-14-37-15-13-30/h1-11,16,24,32H,12-15H2/t24-/m0/s1. The Labute approximate surface area is 229 Å². The normalized spacial score (nSPS) is 20.2. The molecule has 0 radical (unpaired) electrons. The van der Waals surface area contributed by atoms with Crippen molar-refractivity contribution in [3.05, 3.63) is 99.5 Å². The summed E-state index contributed by atoms with van der Waals surface area (Å²) in [4.78, 5) is 28.0. The number of halogens is 2. The molecule has 0 spiro atoms. The second-order valence-electron chi connectivity index (χ2n) is 8.71. The second kappa shape index (κ2) is 10.5. The molecule has 2 heterocycles. The van der Waals surface area contributed by atoms with Crippen LogP contribution >= 0.6 is 23.2 Å². The molecule has 8 nitrogen and oxygen atoms in total. The van der Waals surface area contributed by atoms with E-state index in [1.807, 2.05) is 0 Å². The lowest BCUT2D eigenvalue weighted by molar-refractivity contribution is -0.132. The van der Waals surface area contributed by atoms with Crippen molar-refractivity contribution in [1.29, 1.82) is 0 Å². The zero-order valence-corrected chi connectivity index (χ0v) is 22.2. The van der Waals surface area contributed by atoms with Gasteiger partial charge in [-0.15, -0.1) is 0 Å². The first-order valence-corrected chi connectivity index (χ1v) is 13.9. The molecular weight excluding hydrogens is 551 g/mol. The van der Waals surface area contributed by atoms with Gasteiger partial charge < -0.3 is 9.84 Å². The number of carbonyl (C=O) groups is 2. The third kappa shape index (κ3) is 4.72. The molecule has 2 saturated heterocycles. The molecule has 3 aromatic rings. The number of carbonyl (C=O) groups excluding carboxylic acids is 2. The van der Waals surface area contributed by atoms with Crippen molar-refractivity contribution in [2.45, 2.75) is 10.9 Å². The predicted molar refractivity (Wildman–Crippen MR) is 144 cm³/mol. The van der Waals surface area contributed by atoms with Gasteiger partial charge in [0.15, 0.2) is 0 Å². The molecule has 0 aromatic heterocycles. The van der Waals surface area contributed by atoms with E-state index in [9.17, 15) is 23.1 Å². The van der Waals surface area contributed by atoms with Crippen LogP contribution in [-0.4, -0.2) is 55.8 Å². The van der Waals surface area contributed by atoms with Gasteiger partial charge >= 0.3 is 0 Å². The van der Waals surface area contributed by atoms with Crippen LogP contribution in [0.3, 0.4) is 0 Å². The van der Waals surface area contributed by atoms with Crippen molar-refractivity contribution >= 4 is 56.4 Å². The zero-order chi connectivity index (χ0) is 27.0. The summed E-state index contributed by atoms with van der Waals surface area (Å²) in [6, 6.07) is 17.7. The Bertz CT molecular complexity index is 1550. The van der Waals surface area contributed by atoms with Crippen molar-refractivity contribution in [1.82, 2.24) is 4.31 Å². The number of hydrogen-bond acceptors (Lipinski definition) is 6. The molecule has 1 atom stereocenters. The van der Waals surface area contributed by atoms with E-state index in [0.29, 0.717) is 10.6 Å². The quantitative estimate of drug-likeness (QED) is 0.271. The zero-order valence-electron chi connectivity index (χ0n) is 19.9. The van der Waals surface area contributed by atoms with Crippen LogP contribution in [-0.2, 0) is 24.3 Å². The molecular formula is C27H22Cl2N2O6S. The first-order valence-electron chi connectivity index (χ1n) is 11.7. The van der Waals surface area contributed by atoms with E-state index >= 15 is 0 Å². The number of hydrogen-bond donors (Lipinski definition) is 1. The third-order valence-corrected chi connectivity index (χ3v) is 8.94. The molecule has 38 heavy (non-hydrogen) atoms. The van der Waals surface area contributed by atoms with Crippen LogP contribution in [0, 0.1) is 0 Å². The Hall–Kier alpha value is -3.21. The molecule has 196 valence electrons. The second-order valence-corrected chi connectivity index (χ2v) is 11.5. The average molecular weight is 573 g/mol. The van der Waals surface area contributed by atoms with E-state index in [2.05, 4.69) is 0 Å². The number of aliphatic hydroxyl groups is 1. The summed E-state index contributed by atoms with van der Waals surface area (Å²) in [5.74, 6) is -2.28. The molecule has 0 unspecified atom stereocenters. The molecule has 0 bridgehead atoms. The molecule has 11 heteroatoms. The number of nitrogens with zero attached hydrogens (tertiary/aromatic N) is 2. The van der Waals surface area contributed by atoms with Crippen molar-refractivity contribution < 1.29 is 27.9 Å². The summed E-state index contributed by atoms with van der Waals surface area (Å²) < 4.78 is 33.2. The lowest BCUT2D eigenvalue weighted by Crippen LogP contribution is -2.40. The number of sulfonamides is 1. The summed E-state index contributed by atoms with van der Waals surface area (Å²) in [7, 11) is -3.88. The van der Waals surface area contributed by atoms with Gasteiger partial charge in [0.2, 0.25) is 10.0 Å². The highest BCUT2D eigenvalue weighted by atomic mass is 35.5. The lowest BCUT2D eigenvalue weighted by atomic mass is 9.95. The maximum Gasteiger partial charge on any atom is 0.300 e. The smallest absolute Gasteiger partial charge is 0.300 e. The monoisotopic (exact) mass is 572 g/mol. The van der Waals surface area contributed by atoms with Crippen LogP contribution in [0.5, 0.6) is 0 Å². The van der Waals surface area contributed by atoms with Crippen LogP contribution < -0.4 is 4.90 Å². The third-order valence-electron chi connectivity index (χ3n) is 6.46. The van der Waals surface area contributed by atoms with E-state index in [4.69, 9.17) is 27.9 Å². The van der Waals surface area contributed by atoms with Crippen LogP contribution in [0.4, 0.5) is 5.69 Å². The Morgan fingerprint density at radius 3 is 2.29 bits per heavy atom. The highest BCUT2D eigenvalue weighted by Crippen LogP contribution is 2.43. The van der Waals surface area contributed by atoms with E-state index < -0.39 is 33.5 Å². The minimum absolute atomic E-state index is 0.0280. The van der Waals surface area contributed by atoms with Gasteiger partial charge in [-0.2, -0.15) is 4.31 Å². The van der Waals surface area contributed by atoms with Gasteiger partial charge in [0, 0.05) is 29.4 Å². The fourth-order valence-corrected chi connectivity index (χ4v) is 6.39. The minimum Gasteiger partial charge on any atom is -0.507 e. The summed E-state index contributed by atoms with van der Waals surface area (Å²) in [5, 5.41) is 11.9.